The molecular weight excluding hydrogens is 236 g/mol. The summed E-state index contributed by atoms with van der Waals surface area (Å²) in [4.78, 5) is 16.7. The normalized spacial score (nSPS) is 29.3. The number of piperazine rings is 1. The van der Waals surface area contributed by atoms with Crippen molar-refractivity contribution in [3.63, 3.8) is 0 Å². The number of hydrogen-bond acceptors (Lipinski definition) is 3. The summed E-state index contributed by atoms with van der Waals surface area (Å²) in [5.41, 5.74) is -0.00306. The second kappa shape index (κ2) is 5.92. The van der Waals surface area contributed by atoms with Crippen LogP contribution in [0.3, 0.4) is 0 Å². The monoisotopic (exact) mass is 264 g/mol. The highest BCUT2D eigenvalue weighted by Gasteiger charge is 2.35. The molecule has 0 radical (unpaired) electrons. The fourth-order valence-corrected chi connectivity index (χ4v) is 3.81. The molecule has 2 aliphatic carbocycles. The summed E-state index contributed by atoms with van der Waals surface area (Å²) in [6.07, 6.45) is 10.3. The first-order valence-corrected chi connectivity index (χ1v) is 8.21. The summed E-state index contributed by atoms with van der Waals surface area (Å²) in [5, 5.41) is 0. The zero-order valence-corrected chi connectivity index (χ0v) is 12.1. The van der Waals surface area contributed by atoms with Gasteiger partial charge < -0.3 is 9.69 Å². The van der Waals surface area contributed by atoms with Gasteiger partial charge in [0.2, 0.25) is 0 Å². The van der Waals surface area contributed by atoms with Crippen molar-refractivity contribution < 1.29 is 4.79 Å². The van der Waals surface area contributed by atoms with Crippen molar-refractivity contribution in [2.24, 2.45) is 11.3 Å². The molecule has 3 rings (SSSR count). The Morgan fingerprint density at radius 1 is 0.947 bits per heavy atom. The molecule has 0 spiro atoms. The number of nitrogens with zero attached hydrogens (tertiary/aromatic N) is 2. The first-order valence-electron chi connectivity index (χ1n) is 8.21. The van der Waals surface area contributed by atoms with Gasteiger partial charge in [0.15, 0.2) is 0 Å². The van der Waals surface area contributed by atoms with Crippen molar-refractivity contribution in [3.05, 3.63) is 0 Å². The van der Waals surface area contributed by atoms with Crippen molar-refractivity contribution in [2.45, 2.75) is 44.9 Å². The number of carbonyl (C=O) groups is 1. The van der Waals surface area contributed by atoms with E-state index < -0.39 is 0 Å². The van der Waals surface area contributed by atoms with E-state index in [-0.39, 0.29) is 5.41 Å². The van der Waals surface area contributed by atoms with Gasteiger partial charge in [0, 0.05) is 44.7 Å². The smallest absolute Gasteiger partial charge is 0.127 e. The minimum Gasteiger partial charge on any atom is -0.303 e. The molecule has 0 amide bonds. The zero-order valence-electron chi connectivity index (χ0n) is 12.1. The fraction of sp³-hybridized carbons (Fsp3) is 0.938. The number of carbonyl (C=O) groups excluding carboxylic acids is 1. The summed E-state index contributed by atoms with van der Waals surface area (Å²) < 4.78 is 0. The van der Waals surface area contributed by atoms with E-state index in [1.807, 2.05) is 0 Å². The van der Waals surface area contributed by atoms with E-state index in [1.165, 1.54) is 71.1 Å². The Hall–Kier alpha value is -0.410. The van der Waals surface area contributed by atoms with Crippen molar-refractivity contribution in [1.29, 1.82) is 0 Å². The van der Waals surface area contributed by atoms with Crippen LogP contribution in [0, 0.1) is 11.3 Å². The molecule has 0 bridgehead atoms. The van der Waals surface area contributed by atoms with Gasteiger partial charge in [0.05, 0.1) is 0 Å². The van der Waals surface area contributed by atoms with Crippen LogP contribution in [0.25, 0.3) is 0 Å². The van der Waals surface area contributed by atoms with Gasteiger partial charge in [-0.05, 0) is 31.6 Å². The lowest BCUT2D eigenvalue weighted by molar-refractivity contribution is -0.119. The fourth-order valence-electron chi connectivity index (χ4n) is 3.81. The molecule has 0 atom stereocenters. The molecular formula is C16H28N2O. The molecule has 0 N–H and O–H groups in total. The molecule has 0 unspecified atom stereocenters. The molecule has 3 heteroatoms. The Bertz CT molecular complexity index is 300. The van der Waals surface area contributed by atoms with Gasteiger partial charge in [-0.2, -0.15) is 0 Å². The third-order valence-corrected chi connectivity index (χ3v) is 5.32. The van der Waals surface area contributed by atoms with E-state index in [9.17, 15) is 4.79 Å². The van der Waals surface area contributed by atoms with Crippen molar-refractivity contribution in [2.75, 3.05) is 39.3 Å². The molecule has 108 valence electrons. The molecule has 1 aliphatic heterocycles. The summed E-state index contributed by atoms with van der Waals surface area (Å²) in [7, 11) is 0. The molecule has 19 heavy (non-hydrogen) atoms. The van der Waals surface area contributed by atoms with Crippen LogP contribution in [0.2, 0.25) is 0 Å². The van der Waals surface area contributed by atoms with Crippen molar-refractivity contribution >= 4 is 6.29 Å². The quantitative estimate of drug-likeness (QED) is 0.711. The van der Waals surface area contributed by atoms with Gasteiger partial charge in [-0.1, -0.05) is 19.3 Å². The van der Waals surface area contributed by atoms with Crippen LogP contribution in [0.1, 0.15) is 44.9 Å². The predicted molar refractivity (Wildman–Crippen MR) is 77.2 cm³/mol. The molecule has 2 saturated carbocycles. The zero-order chi connectivity index (χ0) is 13.1. The standard InChI is InChI=1S/C16H28N2O/c19-14-16(6-2-1-3-7-16)13-18-10-8-17(9-11-18)12-15-4-5-15/h14-15H,1-13H2. The highest BCUT2D eigenvalue weighted by molar-refractivity contribution is 5.60. The molecule has 3 aliphatic rings. The summed E-state index contributed by atoms with van der Waals surface area (Å²) in [5.74, 6) is 1.01. The molecule has 1 heterocycles. The lowest BCUT2D eigenvalue weighted by atomic mass is 9.75. The highest BCUT2D eigenvalue weighted by atomic mass is 16.1. The van der Waals surface area contributed by atoms with Gasteiger partial charge >= 0.3 is 0 Å². The minimum absolute atomic E-state index is 0.00306. The first kappa shape index (κ1) is 13.6. The van der Waals surface area contributed by atoms with Crippen LogP contribution >= 0.6 is 0 Å². The van der Waals surface area contributed by atoms with Crippen LogP contribution in [0.15, 0.2) is 0 Å². The Kier molecular flexibility index (Phi) is 4.23. The summed E-state index contributed by atoms with van der Waals surface area (Å²) in [6.45, 7) is 7.11. The Morgan fingerprint density at radius 3 is 2.16 bits per heavy atom. The molecule has 0 aromatic carbocycles. The van der Waals surface area contributed by atoms with Gasteiger partial charge in [0.25, 0.3) is 0 Å². The second-order valence-electron chi connectivity index (χ2n) is 7.06. The molecule has 3 fully saturated rings. The third-order valence-electron chi connectivity index (χ3n) is 5.32. The van der Waals surface area contributed by atoms with E-state index >= 15 is 0 Å². The maximum Gasteiger partial charge on any atom is 0.127 e. The SMILES string of the molecule is O=CC1(CN2CCN(CC3CC3)CC2)CCCCC1. The van der Waals surface area contributed by atoms with Crippen molar-refractivity contribution in [1.82, 2.24) is 9.80 Å². The third kappa shape index (κ3) is 3.57. The maximum atomic E-state index is 11.5. The number of aldehydes is 1. The topological polar surface area (TPSA) is 23.6 Å². The predicted octanol–water partition coefficient (Wildman–Crippen LogP) is 2.16. The van der Waals surface area contributed by atoms with E-state index in [1.54, 1.807) is 0 Å². The van der Waals surface area contributed by atoms with Gasteiger partial charge in [-0.3, -0.25) is 4.90 Å². The minimum atomic E-state index is -0.00306. The van der Waals surface area contributed by atoms with E-state index in [2.05, 4.69) is 9.80 Å². The van der Waals surface area contributed by atoms with E-state index in [0.717, 1.165) is 25.3 Å². The van der Waals surface area contributed by atoms with E-state index in [4.69, 9.17) is 0 Å². The largest absolute Gasteiger partial charge is 0.303 e. The molecule has 1 saturated heterocycles. The number of rotatable bonds is 5. The van der Waals surface area contributed by atoms with Crippen LogP contribution in [-0.2, 0) is 4.79 Å². The lowest BCUT2D eigenvalue weighted by Gasteiger charge is -2.41. The number of hydrogen-bond donors (Lipinski definition) is 0. The molecule has 3 nitrogen and oxygen atoms in total. The lowest BCUT2D eigenvalue weighted by Crippen LogP contribution is -2.51. The highest BCUT2D eigenvalue weighted by Crippen LogP contribution is 2.35. The molecule has 0 aromatic heterocycles. The Balaban J connectivity index is 1.46. The van der Waals surface area contributed by atoms with Crippen molar-refractivity contribution in [3.8, 4) is 0 Å². The first-order chi connectivity index (χ1) is 9.30. The van der Waals surface area contributed by atoms with Crippen LogP contribution in [-0.4, -0.2) is 55.4 Å². The van der Waals surface area contributed by atoms with E-state index in [0.29, 0.717) is 0 Å². The van der Waals surface area contributed by atoms with Gasteiger partial charge in [-0.25, -0.2) is 0 Å². The average molecular weight is 264 g/mol. The average Bonchev–Trinajstić information content (AvgIpc) is 3.26. The van der Waals surface area contributed by atoms with Gasteiger partial charge in [0.1, 0.15) is 6.29 Å². The summed E-state index contributed by atoms with van der Waals surface area (Å²) in [6, 6.07) is 0. The van der Waals surface area contributed by atoms with Crippen LogP contribution in [0.4, 0.5) is 0 Å². The maximum absolute atomic E-state index is 11.5. The Morgan fingerprint density at radius 2 is 1.58 bits per heavy atom. The summed E-state index contributed by atoms with van der Waals surface area (Å²) >= 11 is 0. The van der Waals surface area contributed by atoms with Crippen LogP contribution < -0.4 is 0 Å². The molecule has 0 aromatic rings. The Labute approximate surface area is 117 Å². The van der Waals surface area contributed by atoms with Crippen LogP contribution in [0.5, 0.6) is 0 Å². The van der Waals surface area contributed by atoms with Gasteiger partial charge in [-0.15, -0.1) is 0 Å². The second-order valence-corrected chi connectivity index (χ2v) is 7.06.